The number of ether oxygens (including phenoxy) is 1. The summed E-state index contributed by atoms with van der Waals surface area (Å²) >= 11 is 0. The highest BCUT2D eigenvalue weighted by molar-refractivity contribution is 5.97. The van der Waals surface area contributed by atoms with Gasteiger partial charge in [-0.15, -0.1) is 0 Å². The van der Waals surface area contributed by atoms with Crippen molar-refractivity contribution in [3.05, 3.63) is 83.9 Å². The summed E-state index contributed by atoms with van der Waals surface area (Å²) in [5.41, 5.74) is 4.67. The average Bonchev–Trinajstić information content (AvgIpc) is 3.00. The van der Waals surface area contributed by atoms with Crippen molar-refractivity contribution in [2.45, 2.75) is 13.5 Å². The standard InChI is InChI=1S/C23H20FNO2/c1-15-23(16-7-4-3-5-8-16)20-13-21(26-2)17(11-22(20)27-15)14-25-19-10-6-9-18(24)12-19/h3-13,25H,14H2,1-2H3. The van der Waals surface area contributed by atoms with E-state index in [-0.39, 0.29) is 5.82 Å². The maximum Gasteiger partial charge on any atom is 0.135 e. The van der Waals surface area contributed by atoms with Crippen LogP contribution in [0.3, 0.4) is 0 Å². The van der Waals surface area contributed by atoms with Crippen LogP contribution in [0.1, 0.15) is 11.3 Å². The van der Waals surface area contributed by atoms with Gasteiger partial charge in [-0.3, -0.25) is 0 Å². The number of aryl methyl sites for hydroxylation is 1. The van der Waals surface area contributed by atoms with E-state index < -0.39 is 0 Å². The Bertz CT molecular complexity index is 1090. The Balaban J connectivity index is 1.73. The van der Waals surface area contributed by atoms with Gasteiger partial charge in [0.25, 0.3) is 0 Å². The molecule has 0 aliphatic heterocycles. The van der Waals surface area contributed by atoms with E-state index in [1.54, 1.807) is 13.2 Å². The van der Waals surface area contributed by atoms with Crippen LogP contribution in [0.25, 0.3) is 22.1 Å². The summed E-state index contributed by atoms with van der Waals surface area (Å²) in [6, 6.07) is 20.6. The number of fused-ring (bicyclic) bond motifs is 1. The summed E-state index contributed by atoms with van der Waals surface area (Å²) in [5, 5.41) is 4.25. The zero-order valence-electron chi connectivity index (χ0n) is 15.3. The third kappa shape index (κ3) is 3.38. The van der Waals surface area contributed by atoms with Crippen molar-refractivity contribution in [1.82, 2.24) is 0 Å². The molecule has 27 heavy (non-hydrogen) atoms. The second kappa shape index (κ2) is 7.16. The topological polar surface area (TPSA) is 34.4 Å². The molecule has 0 unspecified atom stereocenters. The molecule has 3 aromatic carbocycles. The summed E-state index contributed by atoms with van der Waals surface area (Å²) in [5.74, 6) is 1.37. The normalized spacial score (nSPS) is 10.9. The molecular formula is C23H20FNO2. The van der Waals surface area contributed by atoms with Crippen molar-refractivity contribution in [3.8, 4) is 16.9 Å². The first-order valence-electron chi connectivity index (χ1n) is 8.80. The largest absolute Gasteiger partial charge is 0.496 e. The molecule has 0 amide bonds. The highest BCUT2D eigenvalue weighted by Gasteiger charge is 2.16. The van der Waals surface area contributed by atoms with Crippen LogP contribution in [0.4, 0.5) is 10.1 Å². The van der Waals surface area contributed by atoms with Gasteiger partial charge in [0, 0.05) is 28.7 Å². The molecule has 0 fully saturated rings. The summed E-state index contributed by atoms with van der Waals surface area (Å²) in [4.78, 5) is 0. The molecule has 0 bridgehead atoms. The van der Waals surface area contributed by atoms with Crippen molar-refractivity contribution in [2.75, 3.05) is 12.4 Å². The number of furan rings is 1. The van der Waals surface area contributed by atoms with Crippen LogP contribution < -0.4 is 10.1 Å². The SMILES string of the molecule is COc1cc2c(-c3ccccc3)c(C)oc2cc1CNc1cccc(F)c1. The van der Waals surface area contributed by atoms with Gasteiger partial charge in [-0.25, -0.2) is 4.39 Å². The number of rotatable bonds is 5. The van der Waals surface area contributed by atoms with Crippen molar-refractivity contribution >= 4 is 16.7 Å². The van der Waals surface area contributed by atoms with Crippen molar-refractivity contribution in [3.63, 3.8) is 0 Å². The lowest BCUT2D eigenvalue weighted by Crippen LogP contribution is -2.02. The lowest BCUT2D eigenvalue weighted by Gasteiger charge is -2.11. The van der Waals surface area contributed by atoms with Crippen molar-refractivity contribution in [1.29, 1.82) is 0 Å². The first-order chi connectivity index (χ1) is 13.2. The molecule has 3 nitrogen and oxygen atoms in total. The van der Waals surface area contributed by atoms with E-state index in [2.05, 4.69) is 17.4 Å². The van der Waals surface area contributed by atoms with E-state index in [4.69, 9.17) is 9.15 Å². The Kier molecular flexibility index (Phi) is 4.55. The van der Waals surface area contributed by atoms with Gasteiger partial charge in [-0.2, -0.15) is 0 Å². The highest BCUT2D eigenvalue weighted by Crippen LogP contribution is 2.38. The van der Waals surface area contributed by atoms with E-state index in [0.717, 1.165) is 44.9 Å². The molecule has 0 atom stereocenters. The zero-order valence-corrected chi connectivity index (χ0v) is 15.3. The monoisotopic (exact) mass is 361 g/mol. The molecule has 0 aliphatic rings. The Hall–Kier alpha value is -3.27. The van der Waals surface area contributed by atoms with Crippen LogP contribution in [0.2, 0.25) is 0 Å². The zero-order chi connectivity index (χ0) is 18.8. The first-order valence-corrected chi connectivity index (χ1v) is 8.80. The van der Waals surface area contributed by atoms with Crippen LogP contribution in [0, 0.1) is 12.7 Å². The van der Waals surface area contributed by atoms with E-state index in [9.17, 15) is 4.39 Å². The Labute approximate surface area is 157 Å². The van der Waals surface area contributed by atoms with Gasteiger partial charge in [0.2, 0.25) is 0 Å². The molecular weight excluding hydrogens is 341 g/mol. The van der Waals surface area contributed by atoms with Crippen LogP contribution in [-0.2, 0) is 6.54 Å². The van der Waals surface area contributed by atoms with Crippen LogP contribution in [0.15, 0.2) is 71.1 Å². The van der Waals surface area contributed by atoms with Crippen molar-refractivity contribution < 1.29 is 13.5 Å². The maximum atomic E-state index is 13.4. The van der Waals surface area contributed by atoms with Gasteiger partial charge < -0.3 is 14.5 Å². The molecule has 0 radical (unpaired) electrons. The van der Waals surface area contributed by atoms with Crippen LogP contribution in [-0.4, -0.2) is 7.11 Å². The second-order valence-electron chi connectivity index (χ2n) is 6.42. The molecule has 1 aromatic heterocycles. The minimum absolute atomic E-state index is 0.267. The quantitative estimate of drug-likeness (QED) is 0.462. The molecule has 0 aliphatic carbocycles. The lowest BCUT2D eigenvalue weighted by atomic mass is 10.0. The molecule has 1 heterocycles. The van der Waals surface area contributed by atoms with Gasteiger partial charge >= 0.3 is 0 Å². The lowest BCUT2D eigenvalue weighted by molar-refractivity contribution is 0.410. The number of halogens is 1. The Morgan fingerprint density at radius 2 is 1.81 bits per heavy atom. The molecule has 0 saturated carbocycles. The number of methoxy groups -OCH3 is 1. The molecule has 4 rings (SSSR count). The Morgan fingerprint density at radius 3 is 2.56 bits per heavy atom. The van der Waals surface area contributed by atoms with E-state index >= 15 is 0 Å². The molecule has 4 aromatic rings. The van der Waals surface area contributed by atoms with Gasteiger partial charge in [0.15, 0.2) is 0 Å². The van der Waals surface area contributed by atoms with E-state index in [1.165, 1.54) is 12.1 Å². The maximum absolute atomic E-state index is 13.4. The fourth-order valence-corrected chi connectivity index (χ4v) is 3.37. The third-order valence-corrected chi connectivity index (χ3v) is 4.64. The second-order valence-corrected chi connectivity index (χ2v) is 6.42. The van der Waals surface area contributed by atoms with E-state index in [1.807, 2.05) is 43.3 Å². The van der Waals surface area contributed by atoms with Gasteiger partial charge in [-0.1, -0.05) is 36.4 Å². The fraction of sp³-hybridized carbons (Fsp3) is 0.130. The molecule has 136 valence electrons. The van der Waals surface area contributed by atoms with Gasteiger partial charge in [-0.05, 0) is 42.8 Å². The van der Waals surface area contributed by atoms with E-state index in [0.29, 0.717) is 6.54 Å². The number of hydrogen-bond donors (Lipinski definition) is 1. The first kappa shape index (κ1) is 17.2. The minimum Gasteiger partial charge on any atom is -0.496 e. The molecule has 0 saturated heterocycles. The van der Waals surface area contributed by atoms with Gasteiger partial charge in [0.05, 0.1) is 7.11 Å². The fourth-order valence-electron chi connectivity index (χ4n) is 3.37. The Morgan fingerprint density at radius 1 is 1.00 bits per heavy atom. The minimum atomic E-state index is -0.267. The summed E-state index contributed by atoms with van der Waals surface area (Å²) in [6.45, 7) is 2.47. The average molecular weight is 361 g/mol. The van der Waals surface area contributed by atoms with Crippen LogP contribution >= 0.6 is 0 Å². The molecule has 0 spiro atoms. The number of anilines is 1. The number of benzene rings is 3. The van der Waals surface area contributed by atoms with Gasteiger partial charge in [0.1, 0.15) is 22.9 Å². The number of hydrogen-bond acceptors (Lipinski definition) is 3. The van der Waals surface area contributed by atoms with Crippen molar-refractivity contribution in [2.24, 2.45) is 0 Å². The predicted molar refractivity (Wildman–Crippen MR) is 107 cm³/mol. The smallest absolute Gasteiger partial charge is 0.135 e. The highest BCUT2D eigenvalue weighted by atomic mass is 19.1. The summed E-state index contributed by atoms with van der Waals surface area (Å²) in [7, 11) is 1.65. The number of nitrogens with one attached hydrogen (secondary N) is 1. The summed E-state index contributed by atoms with van der Waals surface area (Å²) < 4.78 is 25.0. The third-order valence-electron chi connectivity index (χ3n) is 4.64. The molecule has 4 heteroatoms. The molecule has 1 N–H and O–H groups in total. The van der Waals surface area contributed by atoms with Crippen LogP contribution in [0.5, 0.6) is 5.75 Å². The summed E-state index contributed by atoms with van der Waals surface area (Å²) in [6.07, 6.45) is 0. The predicted octanol–water partition coefficient (Wildman–Crippen LogP) is 6.17.